The predicted molar refractivity (Wildman–Crippen MR) is 254 cm³/mol. The molecule has 4 bridgehead atoms. The van der Waals surface area contributed by atoms with Crippen molar-refractivity contribution in [2.24, 2.45) is 17.8 Å². The zero-order chi connectivity index (χ0) is 40.5. The molecule has 1 heterocycles. The zero-order valence-electron chi connectivity index (χ0n) is 35.0. The van der Waals surface area contributed by atoms with Gasteiger partial charge < -0.3 is 9.32 Å². The molecule has 5 aliphatic rings. The molecule has 8 aromatic carbocycles. The molecule has 296 valence electrons. The first kappa shape index (κ1) is 35.4. The minimum Gasteiger partial charge on any atom is -0.454 e. The van der Waals surface area contributed by atoms with E-state index in [2.05, 4.69) is 189 Å². The smallest absolute Gasteiger partial charge is 0.159 e. The van der Waals surface area contributed by atoms with Crippen molar-refractivity contribution in [1.29, 1.82) is 0 Å². The average molecular weight is 788 g/mol. The molecule has 0 saturated heterocycles. The molecule has 14 rings (SSSR count). The minimum atomic E-state index is -0.189. The maximum atomic E-state index is 6.71. The second-order valence-corrected chi connectivity index (χ2v) is 19.6. The van der Waals surface area contributed by atoms with Crippen LogP contribution in [0.15, 0.2) is 174 Å². The number of rotatable bonds is 6. The van der Waals surface area contributed by atoms with Crippen LogP contribution in [0.25, 0.3) is 66.1 Å². The zero-order valence-corrected chi connectivity index (χ0v) is 35.0. The maximum Gasteiger partial charge on any atom is 0.159 e. The van der Waals surface area contributed by atoms with Crippen molar-refractivity contribution < 1.29 is 4.42 Å². The third kappa shape index (κ3) is 5.40. The summed E-state index contributed by atoms with van der Waals surface area (Å²) in [4.78, 5) is 2.40. The van der Waals surface area contributed by atoms with Crippen LogP contribution in [0.4, 0.5) is 17.1 Å². The molecule has 9 aromatic rings. The van der Waals surface area contributed by atoms with Crippen molar-refractivity contribution >= 4 is 49.8 Å². The molecule has 0 spiro atoms. The number of hydrogen-bond donors (Lipinski definition) is 0. The number of para-hydroxylation sites is 2. The molecule has 0 aliphatic heterocycles. The van der Waals surface area contributed by atoms with E-state index in [9.17, 15) is 0 Å². The topological polar surface area (TPSA) is 16.4 Å². The van der Waals surface area contributed by atoms with E-state index in [0.717, 1.165) is 56.8 Å². The van der Waals surface area contributed by atoms with Crippen molar-refractivity contribution in [3.8, 4) is 33.4 Å². The largest absolute Gasteiger partial charge is 0.454 e. The highest BCUT2D eigenvalue weighted by Gasteiger charge is 2.51. The first-order chi connectivity index (χ1) is 29.9. The Balaban J connectivity index is 0.889. The van der Waals surface area contributed by atoms with Gasteiger partial charge in [-0.25, -0.2) is 0 Å². The molecule has 61 heavy (non-hydrogen) atoms. The van der Waals surface area contributed by atoms with E-state index in [-0.39, 0.29) is 5.41 Å². The molecule has 0 radical (unpaired) electrons. The normalized spacial score (nSPS) is 21.9. The lowest BCUT2D eigenvalue weighted by molar-refractivity contribution is -0.00518. The van der Waals surface area contributed by atoms with Gasteiger partial charge in [-0.2, -0.15) is 0 Å². The predicted octanol–water partition coefficient (Wildman–Crippen LogP) is 16.3. The maximum absolute atomic E-state index is 6.71. The Bertz CT molecular complexity index is 3160. The lowest BCUT2D eigenvalue weighted by atomic mass is 9.48. The van der Waals surface area contributed by atoms with Crippen molar-refractivity contribution in [3.05, 3.63) is 187 Å². The van der Waals surface area contributed by atoms with Crippen LogP contribution in [0, 0.1) is 17.8 Å². The number of benzene rings is 8. The summed E-state index contributed by atoms with van der Waals surface area (Å²) >= 11 is 0. The van der Waals surface area contributed by atoms with Gasteiger partial charge in [0.25, 0.3) is 0 Å². The average Bonchev–Trinajstić information content (AvgIpc) is 3.78. The van der Waals surface area contributed by atoms with Gasteiger partial charge in [0.15, 0.2) is 5.58 Å². The van der Waals surface area contributed by atoms with E-state index >= 15 is 0 Å². The summed E-state index contributed by atoms with van der Waals surface area (Å²) in [7, 11) is 0. The third-order valence-electron chi connectivity index (χ3n) is 15.6. The van der Waals surface area contributed by atoms with Crippen LogP contribution in [-0.2, 0) is 10.8 Å². The van der Waals surface area contributed by atoms with Gasteiger partial charge >= 0.3 is 0 Å². The highest BCUT2D eigenvalue weighted by molar-refractivity contribution is 6.10. The summed E-state index contributed by atoms with van der Waals surface area (Å²) in [5, 5.41) is 4.77. The summed E-state index contributed by atoms with van der Waals surface area (Å²) in [6.45, 7) is 4.81. The Kier molecular flexibility index (Phi) is 7.58. The number of hydrogen-bond acceptors (Lipinski definition) is 2. The van der Waals surface area contributed by atoms with Crippen molar-refractivity contribution in [1.82, 2.24) is 0 Å². The molecule has 0 N–H and O–H groups in total. The van der Waals surface area contributed by atoms with Crippen LogP contribution in [0.1, 0.15) is 69.1 Å². The van der Waals surface area contributed by atoms with Crippen LogP contribution >= 0.6 is 0 Å². The molecule has 2 nitrogen and oxygen atoms in total. The van der Waals surface area contributed by atoms with Gasteiger partial charge in [0.1, 0.15) is 5.58 Å². The Morgan fingerprint density at radius 1 is 0.475 bits per heavy atom. The summed E-state index contributed by atoms with van der Waals surface area (Å²) in [5.74, 6) is 2.87. The number of anilines is 3. The Morgan fingerprint density at radius 3 is 1.84 bits per heavy atom. The van der Waals surface area contributed by atoms with E-state index in [4.69, 9.17) is 4.42 Å². The Morgan fingerprint density at radius 2 is 1.07 bits per heavy atom. The van der Waals surface area contributed by atoms with Gasteiger partial charge in [-0.1, -0.05) is 141 Å². The number of fused-ring (bicyclic) bond motifs is 7. The summed E-state index contributed by atoms with van der Waals surface area (Å²) < 4.78 is 6.71. The molecular formula is C59H49NO. The van der Waals surface area contributed by atoms with Crippen molar-refractivity contribution in [2.45, 2.75) is 63.2 Å². The van der Waals surface area contributed by atoms with E-state index in [1.54, 1.807) is 5.56 Å². The second-order valence-electron chi connectivity index (χ2n) is 19.6. The Labute approximate surface area is 358 Å². The van der Waals surface area contributed by atoms with Crippen LogP contribution in [0.3, 0.4) is 0 Å². The number of nitrogens with zero attached hydrogens (tertiary/aromatic N) is 1. The van der Waals surface area contributed by atoms with Crippen LogP contribution in [0.5, 0.6) is 0 Å². The van der Waals surface area contributed by atoms with Gasteiger partial charge in [-0.05, 0) is 165 Å². The first-order valence-corrected chi connectivity index (χ1v) is 22.6. The molecule has 2 heteroatoms. The van der Waals surface area contributed by atoms with E-state index in [1.807, 2.05) is 0 Å². The second kappa shape index (κ2) is 13.1. The van der Waals surface area contributed by atoms with Crippen molar-refractivity contribution in [3.63, 3.8) is 0 Å². The number of furan rings is 1. The molecule has 4 fully saturated rings. The molecule has 0 unspecified atom stereocenters. The fourth-order valence-electron chi connectivity index (χ4n) is 13.1. The first-order valence-electron chi connectivity index (χ1n) is 22.6. The van der Waals surface area contributed by atoms with Crippen LogP contribution < -0.4 is 4.90 Å². The standard InChI is InChI=1S/C59H49NO/c1-58(2)53-32-43(40-17-22-44(23-18-40)59-34-37-29-38(35-59)31-39(30-37)36-59)21-27-49(53)50-28-26-46(33-54(50)58)60(55-15-8-14-52-51-12-5-6-16-56(51)61-57(52)55)45-24-19-42(20-25-45)48-13-7-10-41-9-3-4-11-47(41)48/h3-28,32-33,37-39H,29-31,34-36H2,1-2H3. The van der Waals surface area contributed by atoms with E-state index < -0.39 is 0 Å². The molecule has 0 amide bonds. The summed E-state index contributed by atoms with van der Waals surface area (Å²) in [6, 6.07) is 63.4. The van der Waals surface area contributed by atoms with Gasteiger partial charge in [-0.3, -0.25) is 0 Å². The lowest BCUT2D eigenvalue weighted by Crippen LogP contribution is -2.48. The van der Waals surface area contributed by atoms with Gasteiger partial charge in [0, 0.05) is 27.6 Å². The van der Waals surface area contributed by atoms with Gasteiger partial charge in [0.2, 0.25) is 0 Å². The molecule has 4 saturated carbocycles. The molecule has 0 atom stereocenters. The molecule has 5 aliphatic carbocycles. The monoisotopic (exact) mass is 787 g/mol. The quantitative estimate of drug-likeness (QED) is 0.167. The third-order valence-corrected chi connectivity index (χ3v) is 15.6. The fraction of sp³-hybridized carbons (Fsp3) is 0.220. The highest BCUT2D eigenvalue weighted by atomic mass is 16.3. The molecular weight excluding hydrogens is 739 g/mol. The SMILES string of the molecule is CC1(C)c2cc(-c3ccc(C45CC6CC(CC(C6)C4)C5)cc3)ccc2-c2ccc(N(c3ccc(-c4cccc5ccccc45)cc3)c3cccc4c3oc3ccccc34)cc21. The minimum absolute atomic E-state index is 0.189. The highest BCUT2D eigenvalue weighted by Crippen LogP contribution is 2.61. The van der Waals surface area contributed by atoms with Crippen LogP contribution in [0.2, 0.25) is 0 Å². The van der Waals surface area contributed by atoms with Crippen molar-refractivity contribution in [2.75, 3.05) is 4.90 Å². The van der Waals surface area contributed by atoms with Gasteiger partial charge in [-0.15, -0.1) is 0 Å². The lowest BCUT2D eigenvalue weighted by Gasteiger charge is -2.57. The summed E-state index contributed by atoms with van der Waals surface area (Å²) in [5.41, 5.74) is 17.3. The van der Waals surface area contributed by atoms with Gasteiger partial charge in [0.05, 0.1) is 5.69 Å². The van der Waals surface area contributed by atoms with E-state index in [1.165, 1.54) is 93.8 Å². The van der Waals surface area contributed by atoms with E-state index in [0.29, 0.717) is 5.41 Å². The fourth-order valence-corrected chi connectivity index (χ4v) is 13.1. The Hall–Kier alpha value is -6.38. The molecule has 1 aromatic heterocycles. The van der Waals surface area contributed by atoms with Crippen LogP contribution in [-0.4, -0.2) is 0 Å². The summed E-state index contributed by atoms with van der Waals surface area (Å²) in [6.07, 6.45) is 8.69.